The summed E-state index contributed by atoms with van der Waals surface area (Å²) in [6.45, 7) is 6.18. The van der Waals surface area contributed by atoms with Gasteiger partial charge in [0.25, 0.3) is 0 Å². The van der Waals surface area contributed by atoms with E-state index in [0.717, 1.165) is 19.5 Å². The second kappa shape index (κ2) is 5.25. The monoisotopic (exact) mass is 240 g/mol. The van der Waals surface area contributed by atoms with Crippen LogP contribution >= 0.6 is 11.3 Å². The van der Waals surface area contributed by atoms with E-state index >= 15 is 0 Å². The first-order valence-corrected chi connectivity index (χ1v) is 6.84. The van der Waals surface area contributed by atoms with Crippen molar-refractivity contribution in [3.63, 3.8) is 0 Å². The standard InChI is InChI=1S/C12H20N2OS/c1-9(2)14(6-7-15)8-12-13-10-4-3-5-11(10)16-12/h9,15H,3-8H2,1-2H3. The molecular formula is C12H20N2OS. The number of aliphatic hydroxyl groups is 1. The zero-order valence-corrected chi connectivity index (χ0v) is 10.9. The molecule has 1 aromatic heterocycles. The number of rotatable bonds is 5. The summed E-state index contributed by atoms with van der Waals surface area (Å²) < 4.78 is 0. The van der Waals surface area contributed by atoms with Crippen molar-refractivity contribution in [2.45, 2.75) is 45.7 Å². The first-order valence-electron chi connectivity index (χ1n) is 6.03. The molecule has 1 N–H and O–H groups in total. The summed E-state index contributed by atoms with van der Waals surface area (Å²) >= 11 is 1.86. The molecule has 0 atom stereocenters. The Morgan fingerprint density at radius 2 is 2.25 bits per heavy atom. The van der Waals surface area contributed by atoms with Gasteiger partial charge in [0, 0.05) is 17.5 Å². The number of thiazole rings is 1. The molecule has 1 aliphatic rings. The van der Waals surface area contributed by atoms with Crippen molar-refractivity contribution >= 4 is 11.3 Å². The second-order valence-corrected chi connectivity index (χ2v) is 5.79. The molecule has 90 valence electrons. The lowest BCUT2D eigenvalue weighted by molar-refractivity contribution is 0.159. The summed E-state index contributed by atoms with van der Waals surface area (Å²) in [5, 5.41) is 10.2. The average molecular weight is 240 g/mol. The molecule has 0 bridgehead atoms. The van der Waals surface area contributed by atoms with Gasteiger partial charge in [-0.1, -0.05) is 0 Å². The van der Waals surface area contributed by atoms with Crippen LogP contribution in [0, 0.1) is 0 Å². The summed E-state index contributed by atoms with van der Waals surface area (Å²) in [5.41, 5.74) is 1.33. The Labute approximate surface area is 101 Å². The number of hydrogen-bond acceptors (Lipinski definition) is 4. The maximum atomic E-state index is 9.02. The lowest BCUT2D eigenvalue weighted by Gasteiger charge is -2.24. The van der Waals surface area contributed by atoms with E-state index in [9.17, 15) is 0 Å². The molecule has 1 aromatic rings. The quantitative estimate of drug-likeness (QED) is 0.853. The highest BCUT2D eigenvalue weighted by molar-refractivity contribution is 7.11. The van der Waals surface area contributed by atoms with Crippen molar-refractivity contribution in [3.8, 4) is 0 Å². The lowest BCUT2D eigenvalue weighted by Crippen LogP contribution is -2.32. The van der Waals surface area contributed by atoms with E-state index in [0.29, 0.717) is 6.04 Å². The van der Waals surface area contributed by atoms with Gasteiger partial charge in [0.1, 0.15) is 5.01 Å². The van der Waals surface area contributed by atoms with E-state index in [-0.39, 0.29) is 6.61 Å². The van der Waals surface area contributed by atoms with Crippen molar-refractivity contribution in [1.29, 1.82) is 0 Å². The fourth-order valence-corrected chi connectivity index (χ4v) is 3.32. The largest absolute Gasteiger partial charge is 0.395 e. The highest BCUT2D eigenvalue weighted by Crippen LogP contribution is 2.28. The molecule has 4 heteroatoms. The fraction of sp³-hybridized carbons (Fsp3) is 0.750. The maximum absolute atomic E-state index is 9.02. The van der Waals surface area contributed by atoms with Crippen LogP contribution in [-0.4, -0.2) is 34.2 Å². The normalized spacial score (nSPS) is 15.1. The Hall–Kier alpha value is -0.450. The minimum absolute atomic E-state index is 0.225. The smallest absolute Gasteiger partial charge is 0.107 e. The molecule has 0 spiro atoms. The van der Waals surface area contributed by atoms with Crippen molar-refractivity contribution in [2.75, 3.05) is 13.2 Å². The van der Waals surface area contributed by atoms with Crippen LogP contribution in [0.5, 0.6) is 0 Å². The van der Waals surface area contributed by atoms with E-state index in [1.807, 2.05) is 11.3 Å². The summed E-state index contributed by atoms with van der Waals surface area (Å²) in [6, 6.07) is 0.464. The number of nitrogens with zero attached hydrogens (tertiary/aromatic N) is 2. The van der Waals surface area contributed by atoms with Gasteiger partial charge >= 0.3 is 0 Å². The molecule has 1 heterocycles. The first-order chi connectivity index (χ1) is 7.70. The van der Waals surface area contributed by atoms with Crippen LogP contribution in [0.15, 0.2) is 0 Å². The molecule has 0 unspecified atom stereocenters. The van der Waals surface area contributed by atoms with Crippen molar-refractivity contribution in [2.24, 2.45) is 0 Å². The molecule has 3 nitrogen and oxygen atoms in total. The summed E-state index contributed by atoms with van der Waals surface area (Å²) in [5.74, 6) is 0. The first kappa shape index (κ1) is 12.0. The van der Waals surface area contributed by atoms with Crippen LogP contribution in [0.1, 0.15) is 35.8 Å². The molecular weight excluding hydrogens is 220 g/mol. The minimum atomic E-state index is 0.225. The topological polar surface area (TPSA) is 36.4 Å². The van der Waals surface area contributed by atoms with Crippen LogP contribution in [0.3, 0.4) is 0 Å². The molecule has 0 aliphatic heterocycles. The van der Waals surface area contributed by atoms with Gasteiger partial charge in [0.2, 0.25) is 0 Å². The molecule has 0 amide bonds. The van der Waals surface area contributed by atoms with Crippen LogP contribution in [-0.2, 0) is 19.4 Å². The van der Waals surface area contributed by atoms with Gasteiger partial charge in [0.15, 0.2) is 0 Å². The van der Waals surface area contributed by atoms with Gasteiger partial charge in [-0.2, -0.15) is 0 Å². The lowest BCUT2D eigenvalue weighted by atomic mass is 10.3. The molecule has 1 aliphatic carbocycles. The number of aromatic nitrogens is 1. The molecule has 0 radical (unpaired) electrons. The Morgan fingerprint density at radius 3 is 2.88 bits per heavy atom. The van der Waals surface area contributed by atoms with E-state index < -0.39 is 0 Å². The number of aryl methyl sites for hydroxylation is 2. The third-order valence-corrected chi connectivity index (χ3v) is 4.24. The van der Waals surface area contributed by atoms with Crippen LogP contribution in [0.25, 0.3) is 0 Å². The van der Waals surface area contributed by atoms with E-state index in [1.54, 1.807) is 0 Å². The van der Waals surface area contributed by atoms with Gasteiger partial charge in [-0.25, -0.2) is 4.98 Å². The minimum Gasteiger partial charge on any atom is -0.395 e. The van der Waals surface area contributed by atoms with Gasteiger partial charge < -0.3 is 5.11 Å². The van der Waals surface area contributed by atoms with Gasteiger partial charge in [-0.05, 0) is 33.1 Å². The van der Waals surface area contributed by atoms with Crippen molar-refractivity contribution < 1.29 is 5.11 Å². The fourth-order valence-electron chi connectivity index (χ4n) is 2.13. The Morgan fingerprint density at radius 1 is 1.44 bits per heavy atom. The Bertz CT molecular complexity index is 327. The number of aliphatic hydroxyl groups excluding tert-OH is 1. The molecule has 0 fully saturated rings. The molecule has 0 aromatic carbocycles. The van der Waals surface area contributed by atoms with Crippen LogP contribution in [0.4, 0.5) is 0 Å². The zero-order chi connectivity index (χ0) is 11.5. The van der Waals surface area contributed by atoms with E-state index in [4.69, 9.17) is 10.1 Å². The molecule has 16 heavy (non-hydrogen) atoms. The predicted octanol–water partition coefficient (Wildman–Crippen LogP) is 1.83. The third-order valence-electron chi connectivity index (χ3n) is 3.10. The van der Waals surface area contributed by atoms with Crippen LogP contribution < -0.4 is 0 Å². The maximum Gasteiger partial charge on any atom is 0.107 e. The third kappa shape index (κ3) is 2.62. The van der Waals surface area contributed by atoms with Gasteiger partial charge in [-0.15, -0.1) is 11.3 Å². The Balaban J connectivity index is 2.01. The van der Waals surface area contributed by atoms with Gasteiger partial charge in [0.05, 0.1) is 18.8 Å². The molecule has 2 rings (SSSR count). The summed E-state index contributed by atoms with van der Waals surface area (Å²) in [7, 11) is 0. The number of fused-ring (bicyclic) bond motifs is 1. The Kier molecular flexibility index (Phi) is 3.95. The van der Waals surface area contributed by atoms with Crippen LogP contribution in [0.2, 0.25) is 0 Å². The number of hydrogen-bond donors (Lipinski definition) is 1. The second-order valence-electron chi connectivity index (χ2n) is 4.62. The highest BCUT2D eigenvalue weighted by atomic mass is 32.1. The molecule has 0 saturated carbocycles. The van der Waals surface area contributed by atoms with Crippen molar-refractivity contribution in [3.05, 3.63) is 15.6 Å². The predicted molar refractivity (Wildman–Crippen MR) is 66.8 cm³/mol. The van der Waals surface area contributed by atoms with Gasteiger partial charge in [-0.3, -0.25) is 4.90 Å². The van der Waals surface area contributed by atoms with E-state index in [1.165, 1.54) is 28.4 Å². The zero-order valence-electron chi connectivity index (χ0n) is 10.1. The SMILES string of the molecule is CC(C)N(CCO)Cc1nc2c(s1)CCC2. The van der Waals surface area contributed by atoms with Crippen molar-refractivity contribution in [1.82, 2.24) is 9.88 Å². The van der Waals surface area contributed by atoms with E-state index in [2.05, 4.69) is 18.7 Å². The highest BCUT2D eigenvalue weighted by Gasteiger charge is 2.18. The summed E-state index contributed by atoms with van der Waals surface area (Å²) in [6.07, 6.45) is 3.65. The average Bonchev–Trinajstić information content (AvgIpc) is 2.76. The molecule has 0 saturated heterocycles. The summed E-state index contributed by atoms with van der Waals surface area (Å²) in [4.78, 5) is 8.45.